The molecule has 0 aromatic heterocycles. The standard InChI is InChI=1S/C12H22N4O2/c13-10(15-18)12(6-2-3-7-12)14-11(17)16-8-4-1-5-9-16/h18H,1-9H2,(H2,13,15)(H,14,17). The Morgan fingerprint density at radius 2 is 1.78 bits per heavy atom. The highest BCUT2D eigenvalue weighted by Crippen LogP contribution is 2.30. The zero-order chi connectivity index (χ0) is 13.0. The second-order valence-electron chi connectivity index (χ2n) is 5.25. The van der Waals surface area contributed by atoms with Crippen molar-refractivity contribution in [1.29, 1.82) is 0 Å². The molecule has 2 aliphatic rings. The molecule has 0 spiro atoms. The number of urea groups is 1. The zero-order valence-electron chi connectivity index (χ0n) is 10.7. The maximum Gasteiger partial charge on any atom is 0.318 e. The molecule has 0 aromatic carbocycles. The Kier molecular flexibility index (Phi) is 3.93. The fraction of sp³-hybridized carbons (Fsp3) is 0.833. The third-order valence-corrected chi connectivity index (χ3v) is 4.04. The lowest BCUT2D eigenvalue weighted by molar-refractivity contribution is 0.178. The van der Waals surface area contributed by atoms with Gasteiger partial charge in [-0.15, -0.1) is 0 Å². The van der Waals surface area contributed by atoms with Crippen LogP contribution < -0.4 is 11.1 Å². The number of nitrogens with two attached hydrogens (primary N) is 1. The van der Waals surface area contributed by atoms with Gasteiger partial charge in [0.05, 0.1) is 0 Å². The largest absolute Gasteiger partial charge is 0.409 e. The average Bonchev–Trinajstić information content (AvgIpc) is 2.88. The highest BCUT2D eigenvalue weighted by atomic mass is 16.4. The summed E-state index contributed by atoms with van der Waals surface area (Å²) in [5.41, 5.74) is 5.12. The molecule has 1 aliphatic carbocycles. The Morgan fingerprint density at radius 1 is 1.17 bits per heavy atom. The van der Waals surface area contributed by atoms with E-state index in [-0.39, 0.29) is 11.9 Å². The minimum absolute atomic E-state index is 0.0804. The van der Waals surface area contributed by atoms with Crippen molar-refractivity contribution in [1.82, 2.24) is 10.2 Å². The van der Waals surface area contributed by atoms with Crippen LogP contribution in [0.15, 0.2) is 5.16 Å². The van der Waals surface area contributed by atoms with Crippen LogP contribution in [0.25, 0.3) is 0 Å². The molecule has 6 nitrogen and oxygen atoms in total. The second-order valence-corrected chi connectivity index (χ2v) is 5.25. The van der Waals surface area contributed by atoms with E-state index in [2.05, 4.69) is 10.5 Å². The van der Waals surface area contributed by atoms with E-state index in [1.807, 2.05) is 4.90 Å². The van der Waals surface area contributed by atoms with Gasteiger partial charge in [0, 0.05) is 13.1 Å². The molecule has 0 radical (unpaired) electrons. The molecule has 4 N–H and O–H groups in total. The van der Waals surface area contributed by atoms with E-state index in [4.69, 9.17) is 10.9 Å². The van der Waals surface area contributed by atoms with E-state index in [9.17, 15) is 4.79 Å². The number of likely N-dealkylation sites (tertiary alicyclic amines) is 1. The summed E-state index contributed by atoms with van der Waals surface area (Å²) in [6.07, 6.45) is 6.81. The molecule has 1 saturated carbocycles. The number of hydrogen-bond acceptors (Lipinski definition) is 3. The first-order valence-electron chi connectivity index (χ1n) is 6.73. The van der Waals surface area contributed by atoms with Crippen LogP contribution in [0.3, 0.4) is 0 Å². The van der Waals surface area contributed by atoms with E-state index in [1.54, 1.807) is 0 Å². The van der Waals surface area contributed by atoms with Crippen molar-refractivity contribution in [3.05, 3.63) is 0 Å². The van der Waals surface area contributed by atoms with Gasteiger partial charge in [0.15, 0.2) is 5.84 Å². The van der Waals surface area contributed by atoms with Gasteiger partial charge >= 0.3 is 6.03 Å². The summed E-state index contributed by atoms with van der Waals surface area (Å²) < 4.78 is 0. The van der Waals surface area contributed by atoms with Crippen LogP contribution in [0.4, 0.5) is 4.79 Å². The number of nitrogens with zero attached hydrogens (tertiary/aromatic N) is 2. The summed E-state index contributed by atoms with van der Waals surface area (Å²) in [6, 6.07) is -0.0804. The number of hydrogen-bond donors (Lipinski definition) is 3. The molecule has 1 saturated heterocycles. The van der Waals surface area contributed by atoms with E-state index >= 15 is 0 Å². The van der Waals surface area contributed by atoms with Crippen LogP contribution in [0.5, 0.6) is 0 Å². The zero-order valence-corrected chi connectivity index (χ0v) is 10.7. The summed E-state index contributed by atoms with van der Waals surface area (Å²) in [5, 5.41) is 15.0. The van der Waals surface area contributed by atoms with Crippen molar-refractivity contribution < 1.29 is 10.0 Å². The maximum absolute atomic E-state index is 12.2. The molecule has 0 aromatic rings. The minimum Gasteiger partial charge on any atom is -0.409 e. The molecule has 0 atom stereocenters. The Bertz CT molecular complexity index is 331. The Labute approximate surface area is 107 Å². The number of nitrogens with one attached hydrogen (secondary N) is 1. The van der Waals surface area contributed by atoms with Crippen LogP contribution in [-0.2, 0) is 0 Å². The first-order valence-corrected chi connectivity index (χ1v) is 6.73. The molecule has 2 rings (SSSR count). The second kappa shape index (κ2) is 5.46. The van der Waals surface area contributed by atoms with Crippen LogP contribution in [0, 0.1) is 0 Å². The summed E-state index contributed by atoms with van der Waals surface area (Å²) in [7, 11) is 0. The Morgan fingerprint density at radius 3 is 2.33 bits per heavy atom. The van der Waals surface area contributed by atoms with Gasteiger partial charge in [0.25, 0.3) is 0 Å². The van der Waals surface area contributed by atoms with E-state index in [0.717, 1.165) is 51.6 Å². The molecule has 0 unspecified atom stereocenters. The average molecular weight is 254 g/mol. The predicted octanol–water partition coefficient (Wildman–Crippen LogP) is 1.24. The van der Waals surface area contributed by atoms with E-state index in [1.165, 1.54) is 6.42 Å². The first-order chi connectivity index (χ1) is 8.68. The number of oxime groups is 1. The minimum atomic E-state index is -0.636. The normalized spacial score (nSPS) is 24.0. The van der Waals surface area contributed by atoms with Crippen molar-refractivity contribution in [2.45, 2.75) is 50.5 Å². The summed E-state index contributed by atoms with van der Waals surface area (Å²) in [5.74, 6) is 0.130. The Hall–Kier alpha value is -1.46. The van der Waals surface area contributed by atoms with Gasteiger partial charge in [-0.3, -0.25) is 0 Å². The Balaban J connectivity index is 2.02. The molecule has 102 valence electrons. The van der Waals surface area contributed by atoms with Gasteiger partial charge in [0.2, 0.25) is 0 Å². The molecule has 0 bridgehead atoms. The molecule has 1 heterocycles. The molecular formula is C12H22N4O2. The first kappa shape index (κ1) is 13.0. The quantitative estimate of drug-likeness (QED) is 0.300. The summed E-state index contributed by atoms with van der Waals surface area (Å²) >= 11 is 0. The van der Waals surface area contributed by atoms with Crippen molar-refractivity contribution in [3.63, 3.8) is 0 Å². The molecule has 2 fully saturated rings. The maximum atomic E-state index is 12.2. The van der Waals surface area contributed by atoms with Gasteiger partial charge in [-0.2, -0.15) is 0 Å². The van der Waals surface area contributed by atoms with Crippen molar-refractivity contribution in [2.75, 3.05) is 13.1 Å². The topological polar surface area (TPSA) is 91.0 Å². The van der Waals surface area contributed by atoms with Crippen molar-refractivity contribution >= 4 is 11.9 Å². The molecule has 6 heteroatoms. The lowest BCUT2D eigenvalue weighted by Gasteiger charge is -2.34. The smallest absolute Gasteiger partial charge is 0.318 e. The number of carbonyl (C=O) groups excluding carboxylic acids is 1. The third kappa shape index (κ3) is 2.52. The van der Waals surface area contributed by atoms with Crippen LogP contribution >= 0.6 is 0 Å². The number of carbonyl (C=O) groups is 1. The van der Waals surface area contributed by atoms with Crippen LogP contribution in [-0.4, -0.2) is 40.6 Å². The summed E-state index contributed by atoms with van der Waals surface area (Å²) in [4.78, 5) is 14.0. The van der Waals surface area contributed by atoms with Crippen LogP contribution in [0.1, 0.15) is 44.9 Å². The SMILES string of the molecule is NC(=NO)C1(NC(=O)N2CCCCC2)CCCC1. The lowest BCUT2D eigenvalue weighted by atomic mass is 9.96. The fourth-order valence-corrected chi connectivity index (χ4v) is 2.90. The third-order valence-electron chi connectivity index (χ3n) is 4.04. The van der Waals surface area contributed by atoms with Gasteiger partial charge in [-0.1, -0.05) is 18.0 Å². The van der Waals surface area contributed by atoms with Gasteiger partial charge in [-0.25, -0.2) is 4.79 Å². The number of rotatable bonds is 2. The van der Waals surface area contributed by atoms with Crippen molar-refractivity contribution in [3.8, 4) is 0 Å². The van der Waals surface area contributed by atoms with Crippen molar-refractivity contribution in [2.24, 2.45) is 10.9 Å². The lowest BCUT2D eigenvalue weighted by Crippen LogP contribution is -2.59. The monoisotopic (exact) mass is 254 g/mol. The molecule has 1 aliphatic heterocycles. The number of piperidine rings is 1. The van der Waals surface area contributed by atoms with Gasteiger partial charge in [0.1, 0.15) is 5.54 Å². The molecule has 2 amide bonds. The van der Waals surface area contributed by atoms with E-state index in [0.29, 0.717) is 0 Å². The summed E-state index contributed by atoms with van der Waals surface area (Å²) in [6.45, 7) is 1.61. The molecular weight excluding hydrogens is 232 g/mol. The fourth-order valence-electron chi connectivity index (χ4n) is 2.90. The highest BCUT2D eigenvalue weighted by Gasteiger charge is 2.40. The highest BCUT2D eigenvalue weighted by molar-refractivity contribution is 5.93. The van der Waals surface area contributed by atoms with Gasteiger partial charge in [-0.05, 0) is 32.1 Å². The predicted molar refractivity (Wildman–Crippen MR) is 68.6 cm³/mol. The number of amidine groups is 1. The van der Waals surface area contributed by atoms with Crippen LogP contribution in [0.2, 0.25) is 0 Å². The van der Waals surface area contributed by atoms with E-state index < -0.39 is 5.54 Å². The number of amides is 2. The van der Waals surface area contributed by atoms with Gasteiger partial charge < -0.3 is 21.2 Å². The molecule has 18 heavy (non-hydrogen) atoms.